The quantitative estimate of drug-likeness (QED) is 0.230. The van der Waals surface area contributed by atoms with Crippen molar-refractivity contribution in [2.75, 3.05) is 0 Å². The fourth-order valence-corrected chi connectivity index (χ4v) is 18.4. The van der Waals surface area contributed by atoms with Gasteiger partial charge in [0.2, 0.25) is 0 Å². The Balaban J connectivity index is 1.63. The monoisotopic (exact) mass is 543 g/mol. The molecule has 0 aliphatic heterocycles. The van der Waals surface area contributed by atoms with Crippen LogP contribution in [0.15, 0.2) is 127 Å². The summed E-state index contributed by atoms with van der Waals surface area (Å²) in [5.74, 6) is 0.365. The van der Waals surface area contributed by atoms with E-state index in [9.17, 15) is 0 Å². The van der Waals surface area contributed by atoms with E-state index in [1.165, 1.54) is 36.1 Å². The number of hydrogen-bond acceptors (Lipinski definition) is 0. The third-order valence-corrected chi connectivity index (χ3v) is 21.6. The van der Waals surface area contributed by atoms with Gasteiger partial charge in [0.05, 0.1) is 0 Å². The van der Waals surface area contributed by atoms with E-state index in [1.54, 1.807) is 17.6 Å². The van der Waals surface area contributed by atoms with Gasteiger partial charge in [0.25, 0.3) is 0 Å². The van der Waals surface area contributed by atoms with Gasteiger partial charge in [-0.1, -0.05) is 0 Å². The van der Waals surface area contributed by atoms with Crippen molar-refractivity contribution in [1.82, 2.24) is 0 Å². The summed E-state index contributed by atoms with van der Waals surface area (Å²) in [5, 5.41) is 0. The molecule has 4 aromatic carbocycles. The minimum absolute atomic E-state index is 0.365. The molecule has 6 rings (SSSR count). The molecule has 36 heavy (non-hydrogen) atoms. The molecule has 0 N–H and O–H groups in total. The van der Waals surface area contributed by atoms with E-state index < -0.39 is 19.8 Å². The second-order valence-corrected chi connectivity index (χ2v) is 21.4. The number of allylic oxidation sites excluding steroid dienone is 4. The van der Waals surface area contributed by atoms with E-state index in [0.29, 0.717) is 5.92 Å². The van der Waals surface area contributed by atoms with Crippen LogP contribution in [0.3, 0.4) is 0 Å². The Kier molecular flexibility index (Phi) is 6.45. The number of fused-ring (bicyclic) bond motifs is 3. The Morgan fingerprint density at radius 3 is 1.92 bits per heavy atom. The molecule has 1 atom stereocenters. The second kappa shape index (κ2) is 9.87. The zero-order valence-corrected chi connectivity index (χ0v) is 23.7. The first-order chi connectivity index (χ1) is 17.7. The summed E-state index contributed by atoms with van der Waals surface area (Å²) in [5.41, 5.74) is 10.5. The van der Waals surface area contributed by atoms with Crippen LogP contribution >= 0.6 is 0 Å². The van der Waals surface area contributed by atoms with Crippen molar-refractivity contribution in [3.05, 3.63) is 149 Å². The zero-order chi connectivity index (χ0) is 24.5. The van der Waals surface area contributed by atoms with E-state index in [0.717, 1.165) is 6.42 Å². The Morgan fingerprint density at radius 2 is 1.31 bits per heavy atom. The van der Waals surface area contributed by atoms with Crippen LogP contribution in [-0.4, -0.2) is 3.21 Å². The number of rotatable bonds is 6. The van der Waals surface area contributed by atoms with E-state index in [-0.39, 0.29) is 0 Å². The fourth-order valence-electron chi connectivity index (χ4n) is 6.51. The summed E-state index contributed by atoms with van der Waals surface area (Å²) < 4.78 is 5.77. The normalized spacial score (nSPS) is 15.9. The molecule has 1 heteroatoms. The SMILES string of the molecule is C[C](C)=[Zr]([CH2]c1ccccc1)([CH2]c1ccccc1)[c]1cccc2c1C(C1=CC=CC1)c1ccccc1-2. The molecule has 0 heterocycles. The summed E-state index contributed by atoms with van der Waals surface area (Å²) >= 11 is -3.20. The van der Waals surface area contributed by atoms with Gasteiger partial charge in [-0.05, 0) is 0 Å². The summed E-state index contributed by atoms with van der Waals surface area (Å²) in [6.07, 6.45) is 8.00. The van der Waals surface area contributed by atoms with Crippen molar-refractivity contribution in [2.24, 2.45) is 0 Å². The van der Waals surface area contributed by atoms with Gasteiger partial charge in [0, 0.05) is 0 Å². The van der Waals surface area contributed by atoms with Gasteiger partial charge in [0.1, 0.15) is 0 Å². The molecule has 0 saturated carbocycles. The molecule has 0 fully saturated rings. The molecule has 0 amide bonds. The van der Waals surface area contributed by atoms with Crippen LogP contribution in [-0.2, 0) is 28.0 Å². The molecular formula is C35H33Zr. The van der Waals surface area contributed by atoms with Gasteiger partial charge >= 0.3 is 221 Å². The van der Waals surface area contributed by atoms with Crippen LogP contribution < -0.4 is 3.27 Å². The van der Waals surface area contributed by atoms with Crippen molar-refractivity contribution in [2.45, 2.75) is 34.4 Å². The maximum absolute atomic E-state index is 3.20. The molecule has 0 saturated heterocycles. The third-order valence-electron chi connectivity index (χ3n) is 8.30. The predicted octanol–water partition coefficient (Wildman–Crippen LogP) is 8.08. The van der Waals surface area contributed by atoms with Crippen molar-refractivity contribution in [3.63, 3.8) is 0 Å². The van der Waals surface area contributed by atoms with Gasteiger partial charge in [-0.2, -0.15) is 0 Å². The van der Waals surface area contributed by atoms with E-state index in [2.05, 4.69) is 135 Å². The third kappa shape index (κ3) is 4.08. The average molecular weight is 545 g/mol. The Hall–Kier alpha value is -2.89. The van der Waals surface area contributed by atoms with Crippen molar-refractivity contribution in [1.29, 1.82) is 0 Å². The molecule has 0 radical (unpaired) electrons. The van der Waals surface area contributed by atoms with E-state index in [1.807, 2.05) is 0 Å². The summed E-state index contributed by atoms with van der Waals surface area (Å²) in [6.45, 7) is 4.88. The Labute approximate surface area is 219 Å². The molecular weight excluding hydrogens is 512 g/mol. The van der Waals surface area contributed by atoms with Crippen molar-refractivity contribution >= 4 is 6.48 Å². The first-order valence-corrected chi connectivity index (χ1v) is 19.1. The first kappa shape index (κ1) is 23.5. The maximum atomic E-state index is 2.52. The van der Waals surface area contributed by atoms with Crippen molar-refractivity contribution < 1.29 is 19.8 Å². The average Bonchev–Trinajstić information content (AvgIpc) is 3.55. The molecule has 0 aromatic heterocycles. The molecule has 2 aliphatic carbocycles. The van der Waals surface area contributed by atoms with Crippen LogP contribution in [0.25, 0.3) is 11.1 Å². The van der Waals surface area contributed by atoms with Gasteiger partial charge in [-0.15, -0.1) is 0 Å². The standard InChI is InChI=1S/C18H13.2C7H7.C3H6.Zr/c1-2-8-13(7-1)18-16-11-5-3-9-14(16)15-10-4-6-12-17(15)18;2*1-7-5-3-2-4-6-7;1-3-2;/h1-7,9-11,18H,8H2;2*2-6H,1H2;1-2H3;. The summed E-state index contributed by atoms with van der Waals surface area (Å²) in [6, 6.07) is 38.9. The van der Waals surface area contributed by atoms with Crippen LogP contribution in [0.2, 0.25) is 0 Å². The van der Waals surface area contributed by atoms with Crippen LogP contribution in [0, 0.1) is 0 Å². The van der Waals surface area contributed by atoms with E-state index in [4.69, 9.17) is 0 Å². The van der Waals surface area contributed by atoms with Crippen molar-refractivity contribution in [3.8, 4) is 11.1 Å². The first-order valence-electron chi connectivity index (χ1n) is 13.1. The van der Waals surface area contributed by atoms with E-state index >= 15 is 0 Å². The molecule has 0 spiro atoms. The molecule has 177 valence electrons. The summed E-state index contributed by atoms with van der Waals surface area (Å²) in [7, 11) is 0. The molecule has 1 unspecified atom stereocenters. The van der Waals surface area contributed by atoms with Crippen LogP contribution in [0.4, 0.5) is 0 Å². The van der Waals surface area contributed by atoms with Crippen LogP contribution in [0.5, 0.6) is 0 Å². The fraction of sp³-hybridized carbons (Fsp3) is 0.171. The predicted molar refractivity (Wildman–Crippen MR) is 152 cm³/mol. The van der Waals surface area contributed by atoms with Crippen LogP contribution in [0.1, 0.15) is 48.4 Å². The molecule has 4 aromatic rings. The molecule has 0 nitrogen and oxygen atoms in total. The number of benzene rings is 4. The Bertz CT molecular complexity index is 1470. The molecule has 2 aliphatic rings. The minimum atomic E-state index is -3.20. The topological polar surface area (TPSA) is 0 Å². The Morgan fingerprint density at radius 1 is 0.694 bits per heavy atom. The van der Waals surface area contributed by atoms with Gasteiger partial charge in [-0.25, -0.2) is 0 Å². The molecule has 0 bridgehead atoms. The summed E-state index contributed by atoms with van der Waals surface area (Å²) in [4.78, 5) is 0. The van der Waals surface area contributed by atoms with Gasteiger partial charge in [0.15, 0.2) is 0 Å². The zero-order valence-electron chi connectivity index (χ0n) is 21.2. The number of hydrogen-bond donors (Lipinski definition) is 0. The van der Waals surface area contributed by atoms with Gasteiger partial charge < -0.3 is 0 Å². The van der Waals surface area contributed by atoms with Gasteiger partial charge in [-0.3, -0.25) is 0 Å². The second-order valence-electron chi connectivity index (χ2n) is 10.6.